The van der Waals surface area contributed by atoms with E-state index in [4.69, 9.17) is 0 Å². The molecule has 4 heteroatoms. The van der Waals surface area contributed by atoms with Crippen molar-refractivity contribution in [1.29, 1.82) is 0 Å². The van der Waals surface area contributed by atoms with Crippen LogP contribution >= 0.6 is 11.3 Å². The number of hydrogen-bond acceptors (Lipinski definition) is 3. The van der Waals surface area contributed by atoms with Gasteiger partial charge in [0.25, 0.3) is 5.91 Å². The summed E-state index contributed by atoms with van der Waals surface area (Å²) in [5.41, 5.74) is 2.26. The van der Waals surface area contributed by atoms with Gasteiger partial charge in [-0.15, -0.1) is 11.3 Å². The number of carbonyl (C=O) groups excluding carboxylic acids is 1. The van der Waals surface area contributed by atoms with Gasteiger partial charge in [-0.3, -0.25) is 4.79 Å². The second-order valence-corrected chi connectivity index (χ2v) is 5.80. The van der Waals surface area contributed by atoms with Crippen molar-refractivity contribution in [2.45, 2.75) is 6.92 Å². The van der Waals surface area contributed by atoms with Crippen LogP contribution in [-0.2, 0) is 0 Å². The fourth-order valence-electron chi connectivity index (χ4n) is 2.08. The van der Waals surface area contributed by atoms with Crippen molar-refractivity contribution in [3.63, 3.8) is 0 Å². The Hall–Kier alpha value is -2.46. The minimum Gasteiger partial charge on any atom is -0.321 e. The molecule has 0 spiro atoms. The van der Waals surface area contributed by atoms with E-state index in [2.05, 4.69) is 10.3 Å². The lowest BCUT2D eigenvalue weighted by atomic mass is 10.1. The molecular formula is C17H14N2OS. The Morgan fingerprint density at radius 1 is 1.00 bits per heavy atom. The number of anilines is 1. The number of aryl methyl sites for hydroxylation is 1. The molecule has 0 radical (unpaired) electrons. The molecule has 0 saturated carbocycles. The number of nitrogens with zero attached hydrogens (tertiary/aromatic N) is 1. The van der Waals surface area contributed by atoms with Crippen LogP contribution in [0.2, 0.25) is 0 Å². The van der Waals surface area contributed by atoms with Crippen LogP contribution in [0.5, 0.6) is 0 Å². The lowest BCUT2D eigenvalue weighted by Gasteiger charge is -2.05. The molecule has 0 unspecified atom stereocenters. The fourth-order valence-corrected chi connectivity index (χ4v) is 3.00. The summed E-state index contributed by atoms with van der Waals surface area (Å²) in [5, 5.41) is 3.77. The summed E-state index contributed by atoms with van der Waals surface area (Å²) in [5.74, 6) is -0.176. The fraction of sp³-hybridized carbons (Fsp3) is 0.0588. The first-order valence-corrected chi connectivity index (χ1v) is 7.45. The number of carbonyl (C=O) groups is 1. The van der Waals surface area contributed by atoms with E-state index < -0.39 is 0 Å². The van der Waals surface area contributed by atoms with Crippen molar-refractivity contribution in [2.24, 2.45) is 0 Å². The first kappa shape index (κ1) is 13.5. The van der Waals surface area contributed by atoms with Gasteiger partial charge in [0.2, 0.25) is 0 Å². The summed E-state index contributed by atoms with van der Waals surface area (Å²) in [7, 11) is 0. The van der Waals surface area contributed by atoms with Gasteiger partial charge in [-0.25, -0.2) is 4.98 Å². The summed E-state index contributed by atoms with van der Waals surface area (Å²) in [4.78, 5) is 17.7. The van der Waals surface area contributed by atoms with Crippen LogP contribution in [-0.4, -0.2) is 10.9 Å². The molecular weight excluding hydrogens is 280 g/mol. The standard InChI is InChI=1S/C17H14N2OS/c1-12-18-15(16(21-12)13-8-4-2-5-9-13)17(20)19-14-10-6-3-7-11-14/h2-11H,1H3,(H,19,20). The molecule has 0 aliphatic heterocycles. The van der Waals surface area contributed by atoms with E-state index >= 15 is 0 Å². The highest BCUT2D eigenvalue weighted by Gasteiger charge is 2.18. The zero-order valence-electron chi connectivity index (χ0n) is 11.5. The first-order chi connectivity index (χ1) is 10.2. The highest BCUT2D eigenvalue weighted by Crippen LogP contribution is 2.30. The third kappa shape index (κ3) is 3.01. The predicted octanol–water partition coefficient (Wildman–Crippen LogP) is 4.37. The molecule has 0 atom stereocenters. The topological polar surface area (TPSA) is 42.0 Å². The minimum absolute atomic E-state index is 0.176. The number of rotatable bonds is 3. The Bertz CT molecular complexity index is 751. The second-order valence-electron chi connectivity index (χ2n) is 4.60. The maximum absolute atomic E-state index is 12.5. The van der Waals surface area contributed by atoms with Crippen LogP contribution in [0.25, 0.3) is 10.4 Å². The molecule has 104 valence electrons. The molecule has 0 fully saturated rings. The van der Waals surface area contributed by atoms with Gasteiger partial charge in [0, 0.05) is 5.69 Å². The van der Waals surface area contributed by atoms with E-state index in [1.807, 2.05) is 67.6 Å². The third-order valence-corrected chi connectivity index (χ3v) is 4.04. The summed E-state index contributed by atoms with van der Waals surface area (Å²) in [6.07, 6.45) is 0. The normalized spacial score (nSPS) is 10.3. The van der Waals surface area contributed by atoms with Gasteiger partial charge >= 0.3 is 0 Å². The lowest BCUT2D eigenvalue weighted by Crippen LogP contribution is -2.13. The molecule has 3 nitrogen and oxygen atoms in total. The molecule has 1 amide bonds. The number of benzene rings is 2. The molecule has 0 bridgehead atoms. The molecule has 21 heavy (non-hydrogen) atoms. The molecule has 3 aromatic rings. The number of amides is 1. The van der Waals surface area contributed by atoms with Crippen molar-refractivity contribution in [3.05, 3.63) is 71.4 Å². The van der Waals surface area contributed by atoms with Gasteiger partial charge in [-0.05, 0) is 24.6 Å². The van der Waals surface area contributed by atoms with Gasteiger partial charge in [0.05, 0.1) is 9.88 Å². The molecule has 0 saturated heterocycles. The summed E-state index contributed by atoms with van der Waals surface area (Å²) in [6, 6.07) is 19.3. The molecule has 0 aliphatic carbocycles. The van der Waals surface area contributed by atoms with E-state index in [0.717, 1.165) is 21.1 Å². The molecule has 2 aromatic carbocycles. The summed E-state index contributed by atoms with van der Waals surface area (Å²) < 4.78 is 0. The van der Waals surface area contributed by atoms with Gasteiger partial charge < -0.3 is 5.32 Å². The monoisotopic (exact) mass is 294 g/mol. The predicted molar refractivity (Wildman–Crippen MR) is 86.7 cm³/mol. The Morgan fingerprint density at radius 3 is 2.29 bits per heavy atom. The van der Waals surface area contributed by atoms with Crippen LogP contribution < -0.4 is 5.32 Å². The maximum atomic E-state index is 12.5. The number of nitrogens with one attached hydrogen (secondary N) is 1. The van der Waals surface area contributed by atoms with Gasteiger partial charge in [-0.2, -0.15) is 0 Å². The molecule has 3 rings (SSSR count). The van der Waals surface area contributed by atoms with Gasteiger partial charge in [0.15, 0.2) is 0 Å². The number of aromatic nitrogens is 1. The van der Waals surface area contributed by atoms with Gasteiger partial charge in [0.1, 0.15) is 5.69 Å². The Balaban J connectivity index is 1.94. The maximum Gasteiger partial charge on any atom is 0.275 e. The van der Waals surface area contributed by atoms with E-state index in [0.29, 0.717) is 5.69 Å². The summed E-state index contributed by atoms with van der Waals surface area (Å²) in [6.45, 7) is 1.91. The number of thiazole rings is 1. The zero-order valence-corrected chi connectivity index (χ0v) is 12.4. The Labute approximate surface area is 127 Å². The minimum atomic E-state index is -0.176. The van der Waals surface area contributed by atoms with Crippen molar-refractivity contribution in [1.82, 2.24) is 4.98 Å². The van der Waals surface area contributed by atoms with Crippen LogP contribution in [0.3, 0.4) is 0 Å². The molecule has 1 heterocycles. The number of para-hydroxylation sites is 1. The Morgan fingerprint density at radius 2 is 1.62 bits per heavy atom. The third-order valence-electron chi connectivity index (χ3n) is 3.02. The van der Waals surface area contributed by atoms with Crippen molar-refractivity contribution in [3.8, 4) is 10.4 Å². The summed E-state index contributed by atoms with van der Waals surface area (Å²) >= 11 is 1.53. The van der Waals surface area contributed by atoms with E-state index in [1.165, 1.54) is 11.3 Å². The van der Waals surface area contributed by atoms with E-state index in [9.17, 15) is 4.79 Å². The first-order valence-electron chi connectivity index (χ1n) is 6.63. The highest BCUT2D eigenvalue weighted by molar-refractivity contribution is 7.15. The highest BCUT2D eigenvalue weighted by atomic mass is 32.1. The largest absolute Gasteiger partial charge is 0.321 e. The molecule has 0 aliphatic rings. The zero-order chi connectivity index (χ0) is 14.7. The Kier molecular flexibility index (Phi) is 3.79. The van der Waals surface area contributed by atoms with E-state index in [-0.39, 0.29) is 5.91 Å². The van der Waals surface area contributed by atoms with Crippen molar-refractivity contribution >= 4 is 22.9 Å². The second kappa shape index (κ2) is 5.89. The SMILES string of the molecule is Cc1nc(C(=O)Nc2ccccc2)c(-c2ccccc2)s1. The van der Waals surface area contributed by atoms with Crippen LogP contribution in [0.4, 0.5) is 5.69 Å². The number of hydrogen-bond donors (Lipinski definition) is 1. The average Bonchev–Trinajstić information content (AvgIpc) is 2.91. The van der Waals surface area contributed by atoms with Gasteiger partial charge in [-0.1, -0.05) is 48.5 Å². The van der Waals surface area contributed by atoms with Crippen LogP contribution in [0.15, 0.2) is 60.7 Å². The molecule has 1 N–H and O–H groups in total. The average molecular weight is 294 g/mol. The lowest BCUT2D eigenvalue weighted by molar-refractivity contribution is 0.102. The quantitative estimate of drug-likeness (QED) is 0.779. The molecule has 1 aromatic heterocycles. The van der Waals surface area contributed by atoms with Crippen molar-refractivity contribution < 1.29 is 4.79 Å². The van der Waals surface area contributed by atoms with Crippen molar-refractivity contribution in [2.75, 3.05) is 5.32 Å². The van der Waals surface area contributed by atoms with Crippen LogP contribution in [0.1, 0.15) is 15.5 Å². The van der Waals surface area contributed by atoms with Crippen LogP contribution in [0, 0.1) is 6.92 Å². The smallest absolute Gasteiger partial charge is 0.275 e. The van der Waals surface area contributed by atoms with E-state index in [1.54, 1.807) is 0 Å².